The monoisotopic (exact) mass is 313 g/mol. The predicted octanol–water partition coefficient (Wildman–Crippen LogP) is 2.90. The number of methoxy groups -OCH3 is 1. The fraction of sp³-hybridized carbons (Fsp3) is 0.455. The van der Waals surface area contributed by atoms with Gasteiger partial charge in [0.1, 0.15) is 5.75 Å². The van der Waals surface area contributed by atoms with E-state index in [0.29, 0.717) is 0 Å². The van der Waals surface area contributed by atoms with Crippen molar-refractivity contribution in [2.24, 2.45) is 0 Å². The second-order valence-electron chi connectivity index (χ2n) is 3.39. The first-order valence-electron chi connectivity index (χ1n) is 5.39. The van der Waals surface area contributed by atoms with E-state index in [-0.39, 0.29) is 23.9 Å². The Labute approximate surface area is 117 Å². The summed E-state index contributed by atoms with van der Waals surface area (Å²) in [7, 11) is 1.23. The van der Waals surface area contributed by atoms with Crippen molar-refractivity contribution < 1.29 is 32.2 Å². The van der Waals surface area contributed by atoms with Crippen molar-refractivity contribution >= 4 is 17.6 Å². The number of carbonyl (C=O) groups is 1. The second-order valence-corrected chi connectivity index (χ2v) is 3.65. The number of hydrogen-bond donors (Lipinski definition) is 0. The van der Waals surface area contributed by atoms with Gasteiger partial charge in [-0.3, -0.25) is 0 Å². The molecule has 0 N–H and O–H groups in total. The Balaban J connectivity index is 3.32. The van der Waals surface area contributed by atoms with Gasteiger partial charge in [0.2, 0.25) is 0 Å². The van der Waals surface area contributed by atoms with Gasteiger partial charge in [-0.2, -0.15) is 0 Å². The number of rotatable bonds is 5. The minimum Gasteiger partial charge on any atom is -0.495 e. The molecule has 0 aliphatic carbocycles. The lowest BCUT2D eigenvalue weighted by molar-refractivity contribution is -0.274. The van der Waals surface area contributed by atoms with Crippen LogP contribution in [0.4, 0.5) is 13.2 Å². The largest absolute Gasteiger partial charge is 0.573 e. The number of esters is 1. The van der Waals surface area contributed by atoms with E-state index in [0.717, 1.165) is 6.07 Å². The summed E-state index contributed by atoms with van der Waals surface area (Å²) in [6.45, 7) is 1.49. The van der Waals surface area contributed by atoms with Crippen LogP contribution in [0, 0.1) is 0 Å². The topological polar surface area (TPSA) is 57.7 Å². The van der Waals surface area contributed by atoms with Crippen molar-refractivity contribution in [3.8, 4) is 11.5 Å². The number of aromatic nitrogens is 1. The Morgan fingerprint density at radius 1 is 1.40 bits per heavy atom. The van der Waals surface area contributed by atoms with Gasteiger partial charge in [0, 0.05) is 6.07 Å². The van der Waals surface area contributed by atoms with E-state index in [1.807, 2.05) is 0 Å². The van der Waals surface area contributed by atoms with Gasteiger partial charge in [-0.1, -0.05) is 0 Å². The van der Waals surface area contributed by atoms with Gasteiger partial charge in [-0.05, 0) is 6.92 Å². The zero-order chi connectivity index (χ0) is 15.3. The van der Waals surface area contributed by atoms with Gasteiger partial charge < -0.3 is 14.2 Å². The van der Waals surface area contributed by atoms with Crippen LogP contribution in [0.25, 0.3) is 0 Å². The molecule has 9 heteroatoms. The Morgan fingerprint density at radius 3 is 2.50 bits per heavy atom. The molecule has 1 aromatic rings. The molecular formula is C11H11ClF3NO4. The van der Waals surface area contributed by atoms with Crippen LogP contribution in [0.15, 0.2) is 6.07 Å². The molecule has 0 aliphatic rings. The van der Waals surface area contributed by atoms with E-state index in [9.17, 15) is 18.0 Å². The van der Waals surface area contributed by atoms with Crippen LogP contribution >= 0.6 is 11.6 Å². The molecule has 0 saturated heterocycles. The molecule has 0 aromatic carbocycles. The molecule has 0 unspecified atom stereocenters. The molecule has 1 heterocycles. The first kappa shape index (κ1) is 16.4. The van der Waals surface area contributed by atoms with Crippen molar-refractivity contribution in [1.82, 2.24) is 4.98 Å². The molecule has 0 atom stereocenters. The zero-order valence-corrected chi connectivity index (χ0v) is 11.3. The first-order valence-corrected chi connectivity index (χ1v) is 5.92. The van der Waals surface area contributed by atoms with Crippen LogP contribution < -0.4 is 9.47 Å². The molecule has 0 amide bonds. The van der Waals surface area contributed by atoms with E-state index in [1.54, 1.807) is 0 Å². The highest BCUT2D eigenvalue weighted by Crippen LogP contribution is 2.31. The Morgan fingerprint density at radius 2 is 2.05 bits per heavy atom. The van der Waals surface area contributed by atoms with Crippen molar-refractivity contribution in [1.29, 1.82) is 0 Å². The average molecular weight is 314 g/mol. The normalized spacial score (nSPS) is 11.1. The number of nitrogens with zero attached hydrogens (tertiary/aromatic N) is 1. The Hall–Kier alpha value is -1.70. The maximum absolute atomic E-state index is 12.3. The summed E-state index contributed by atoms with van der Waals surface area (Å²) < 4.78 is 50.2. The molecule has 0 fully saturated rings. The van der Waals surface area contributed by atoms with Crippen LogP contribution in [0.5, 0.6) is 11.5 Å². The van der Waals surface area contributed by atoms with Gasteiger partial charge in [0.05, 0.1) is 25.3 Å². The van der Waals surface area contributed by atoms with Gasteiger partial charge in [-0.15, -0.1) is 24.8 Å². The molecule has 0 spiro atoms. The third-order valence-corrected chi connectivity index (χ3v) is 2.32. The highest BCUT2D eigenvalue weighted by atomic mass is 35.5. The van der Waals surface area contributed by atoms with Crippen LogP contribution in [0.1, 0.15) is 23.1 Å². The van der Waals surface area contributed by atoms with E-state index in [2.05, 4.69) is 14.5 Å². The van der Waals surface area contributed by atoms with E-state index in [1.165, 1.54) is 14.0 Å². The number of carbonyl (C=O) groups excluding carboxylic acids is 1. The van der Waals surface area contributed by atoms with Gasteiger partial charge in [0.15, 0.2) is 11.4 Å². The smallest absolute Gasteiger partial charge is 0.495 e. The Bertz CT molecular complexity index is 493. The first-order chi connectivity index (χ1) is 9.32. The molecule has 20 heavy (non-hydrogen) atoms. The molecule has 0 saturated carbocycles. The maximum Gasteiger partial charge on any atom is 0.573 e. The van der Waals surface area contributed by atoms with Crippen molar-refractivity contribution in [2.45, 2.75) is 19.2 Å². The zero-order valence-electron chi connectivity index (χ0n) is 10.6. The fourth-order valence-electron chi connectivity index (χ4n) is 1.34. The van der Waals surface area contributed by atoms with Crippen molar-refractivity contribution in [3.05, 3.63) is 17.5 Å². The van der Waals surface area contributed by atoms with Gasteiger partial charge >= 0.3 is 12.3 Å². The highest BCUT2D eigenvalue weighted by molar-refractivity contribution is 6.17. The van der Waals surface area contributed by atoms with Gasteiger partial charge in [-0.25, -0.2) is 9.78 Å². The van der Waals surface area contributed by atoms with E-state index < -0.39 is 23.8 Å². The van der Waals surface area contributed by atoms with Crippen molar-refractivity contribution in [2.75, 3.05) is 13.7 Å². The standard InChI is InChI=1S/C11H11ClF3NO4/c1-3-19-10(17)9-8(20-11(13,14)15)4-7(18-2)6(5-12)16-9/h4H,3,5H2,1-2H3. The quantitative estimate of drug-likeness (QED) is 0.618. The van der Waals surface area contributed by atoms with Crippen LogP contribution in [0.3, 0.4) is 0 Å². The van der Waals surface area contributed by atoms with Gasteiger partial charge in [0.25, 0.3) is 0 Å². The summed E-state index contributed by atoms with van der Waals surface area (Å²) in [6.07, 6.45) is -4.98. The summed E-state index contributed by atoms with van der Waals surface area (Å²) >= 11 is 5.59. The third kappa shape index (κ3) is 4.16. The van der Waals surface area contributed by atoms with Crippen LogP contribution in [-0.4, -0.2) is 31.0 Å². The number of halogens is 4. The molecule has 1 aromatic heterocycles. The van der Waals surface area contributed by atoms with Crippen molar-refractivity contribution in [3.63, 3.8) is 0 Å². The summed E-state index contributed by atoms with van der Waals surface area (Å²) in [4.78, 5) is 15.3. The summed E-state index contributed by atoms with van der Waals surface area (Å²) in [6, 6.07) is 0.893. The van der Waals surface area contributed by atoms with E-state index in [4.69, 9.17) is 16.3 Å². The predicted molar refractivity (Wildman–Crippen MR) is 63.0 cm³/mol. The number of alkyl halides is 4. The molecule has 0 radical (unpaired) electrons. The fourth-order valence-corrected chi connectivity index (χ4v) is 1.53. The molecular weight excluding hydrogens is 303 g/mol. The highest BCUT2D eigenvalue weighted by Gasteiger charge is 2.34. The Kier molecular flexibility index (Phi) is 5.43. The lowest BCUT2D eigenvalue weighted by Crippen LogP contribution is -2.21. The van der Waals surface area contributed by atoms with Crippen LogP contribution in [-0.2, 0) is 10.6 Å². The molecule has 5 nitrogen and oxygen atoms in total. The summed E-state index contributed by atoms with van der Waals surface area (Å²) in [5, 5.41) is 0. The molecule has 1 rings (SSSR count). The maximum atomic E-state index is 12.3. The lowest BCUT2D eigenvalue weighted by atomic mass is 10.2. The lowest BCUT2D eigenvalue weighted by Gasteiger charge is -2.14. The third-order valence-electron chi connectivity index (χ3n) is 2.07. The minimum atomic E-state index is -4.98. The number of pyridine rings is 1. The minimum absolute atomic E-state index is 0.0196. The number of hydrogen-bond acceptors (Lipinski definition) is 5. The average Bonchev–Trinajstić information content (AvgIpc) is 2.36. The molecule has 0 bridgehead atoms. The molecule has 0 aliphatic heterocycles. The second kappa shape index (κ2) is 6.65. The number of ether oxygens (including phenoxy) is 3. The molecule has 112 valence electrons. The summed E-state index contributed by atoms with van der Waals surface area (Å²) in [5.74, 6) is -2.02. The summed E-state index contributed by atoms with van der Waals surface area (Å²) in [5.41, 5.74) is -0.507. The SMILES string of the molecule is CCOC(=O)c1nc(CCl)c(OC)cc1OC(F)(F)F. The van der Waals surface area contributed by atoms with E-state index >= 15 is 0 Å². The van der Waals surface area contributed by atoms with Crippen LogP contribution in [0.2, 0.25) is 0 Å².